The Balaban J connectivity index is 2.00. The zero-order valence-electron chi connectivity index (χ0n) is 12.0. The summed E-state index contributed by atoms with van der Waals surface area (Å²) in [6.07, 6.45) is 3.40. The van der Waals surface area contributed by atoms with Gasteiger partial charge in [0.05, 0.1) is 6.61 Å². The lowest BCUT2D eigenvalue weighted by atomic mass is 10.2. The third-order valence-corrected chi connectivity index (χ3v) is 2.95. The first-order valence-electron chi connectivity index (χ1n) is 6.80. The number of halogens is 1. The fraction of sp³-hybridized carbons (Fsp3) is 0.312. The van der Waals surface area contributed by atoms with Crippen molar-refractivity contribution in [1.29, 1.82) is 0 Å². The fourth-order valence-electron chi connectivity index (χ4n) is 1.89. The fourth-order valence-corrected chi connectivity index (χ4v) is 1.89. The van der Waals surface area contributed by atoms with Crippen LogP contribution in [0.15, 0.2) is 42.7 Å². The normalized spacial score (nSPS) is 10.6. The molecular weight excluding hydrogens is 271 g/mol. The number of rotatable bonds is 8. The van der Waals surface area contributed by atoms with E-state index in [9.17, 15) is 4.39 Å². The number of methoxy groups -OCH3 is 1. The van der Waals surface area contributed by atoms with E-state index in [0.29, 0.717) is 26.3 Å². The van der Waals surface area contributed by atoms with Gasteiger partial charge in [0.15, 0.2) is 11.6 Å². The van der Waals surface area contributed by atoms with Gasteiger partial charge < -0.3 is 14.8 Å². The maximum atomic E-state index is 13.9. The number of ether oxygens (including phenoxy) is 2. The van der Waals surface area contributed by atoms with Crippen LogP contribution in [0.25, 0.3) is 0 Å². The van der Waals surface area contributed by atoms with Crippen LogP contribution in [0.4, 0.5) is 4.39 Å². The molecule has 112 valence electrons. The quantitative estimate of drug-likeness (QED) is 0.759. The molecule has 21 heavy (non-hydrogen) atoms. The number of para-hydroxylation sites is 1. The van der Waals surface area contributed by atoms with Crippen LogP contribution in [-0.2, 0) is 17.9 Å². The molecule has 0 spiro atoms. The van der Waals surface area contributed by atoms with Gasteiger partial charge >= 0.3 is 0 Å². The lowest BCUT2D eigenvalue weighted by molar-refractivity contribution is 0.199. The predicted molar refractivity (Wildman–Crippen MR) is 78.6 cm³/mol. The number of hydrogen-bond donors (Lipinski definition) is 1. The molecule has 0 aliphatic heterocycles. The third kappa shape index (κ3) is 4.81. The van der Waals surface area contributed by atoms with Crippen molar-refractivity contribution < 1.29 is 13.9 Å². The number of benzene rings is 1. The highest BCUT2D eigenvalue weighted by atomic mass is 19.1. The number of nitrogens with one attached hydrogen (secondary N) is 1. The van der Waals surface area contributed by atoms with Crippen molar-refractivity contribution in [2.24, 2.45) is 0 Å². The van der Waals surface area contributed by atoms with Crippen molar-refractivity contribution in [2.45, 2.75) is 13.2 Å². The Morgan fingerprint density at radius 3 is 2.90 bits per heavy atom. The molecule has 1 aromatic carbocycles. The molecule has 0 saturated carbocycles. The summed E-state index contributed by atoms with van der Waals surface area (Å²) in [7, 11) is 1.65. The predicted octanol–water partition coefficient (Wildman–Crippen LogP) is 2.54. The summed E-state index contributed by atoms with van der Waals surface area (Å²) in [6, 6.07) is 8.65. The van der Waals surface area contributed by atoms with E-state index in [1.54, 1.807) is 25.6 Å². The molecule has 0 fully saturated rings. The van der Waals surface area contributed by atoms with Crippen LogP contribution in [0.2, 0.25) is 0 Å². The highest BCUT2D eigenvalue weighted by molar-refractivity contribution is 5.35. The lowest BCUT2D eigenvalue weighted by Gasteiger charge is -2.13. The van der Waals surface area contributed by atoms with Gasteiger partial charge in [0.1, 0.15) is 6.61 Å². The Morgan fingerprint density at radius 1 is 1.24 bits per heavy atom. The van der Waals surface area contributed by atoms with E-state index in [2.05, 4.69) is 10.3 Å². The first-order valence-corrected chi connectivity index (χ1v) is 6.80. The Hall–Kier alpha value is -1.98. The van der Waals surface area contributed by atoms with E-state index in [-0.39, 0.29) is 11.6 Å². The van der Waals surface area contributed by atoms with Gasteiger partial charge in [-0.05, 0) is 12.1 Å². The monoisotopic (exact) mass is 290 g/mol. The second-order valence-electron chi connectivity index (χ2n) is 4.55. The minimum Gasteiger partial charge on any atom is -0.485 e. The molecule has 4 nitrogen and oxygen atoms in total. The molecule has 1 aromatic heterocycles. The minimum atomic E-state index is -0.357. The van der Waals surface area contributed by atoms with Crippen molar-refractivity contribution >= 4 is 0 Å². The van der Waals surface area contributed by atoms with Crippen molar-refractivity contribution in [3.8, 4) is 5.75 Å². The van der Waals surface area contributed by atoms with E-state index >= 15 is 0 Å². The van der Waals surface area contributed by atoms with Crippen LogP contribution in [0.3, 0.4) is 0 Å². The zero-order valence-corrected chi connectivity index (χ0v) is 12.0. The summed E-state index contributed by atoms with van der Waals surface area (Å²) in [5, 5.41) is 3.18. The minimum absolute atomic E-state index is 0.284. The first kappa shape index (κ1) is 15.4. The summed E-state index contributed by atoms with van der Waals surface area (Å²) >= 11 is 0. The molecule has 0 radical (unpaired) electrons. The largest absolute Gasteiger partial charge is 0.485 e. The van der Waals surface area contributed by atoms with E-state index in [1.165, 1.54) is 6.07 Å². The Bertz CT molecular complexity index is 549. The van der Waals surface area contributed by atoms with E-state index in [1.807, 2.05) is 18.2 Å². The van der Waals surface area contributed by atoms with E-state index in [4.69, 9.17) is 9.47 Å². The van der Waals surface area contributed by atoms with Gasteiger partial charge in [0.25, 0.3) is 0 Å². The van der Waals surface area contributed by atoms with Gasteiger partial charge in [0, 0.05) is 43.7 Å². The highest BCUT2D eigenvalue weighted by Crippen LogP contribution is 2.23. The molecule has 0 saturated heterocycles. The van der Waals surface area contributed by atoms with Gasteiger partial charge in [-0.1, -0.05) is 18.2 Å². The molecule has 0 bridgehead atoms. The van der Waals surface area contributed by atoms with Gasteiger partial charge in [-0.15, -0.1) is 0 Å². The van der Waals surface area contributed by atoms with Crippen molar-refractivity contribution in [3.63, 3.8) is 0 Å². The summed E-state index contributed by atoms with van der Waals surface area (Å²) in [5.74, 6) is -0.0730. The molecule has 0 aliphatic carbocycles. The van der Waals surface area contributed by atoms with Crippen LogP contribution in [-0.4, -0.2) is 25.2 Å². The Morgan fingerprint density at radius 2 is 2.14 bits per heavy atom. The number of nitrogens with zero attached hydrogens (tertiary/aromatic N) is 1. The third-order valence-electron chi connectivity index (χ3n) is 2.95. The summed E-state index contributed by atoms with van der Waals surface area (Å²) in [5.41, 5.74) is 1.69. The summed E-state index contributed by atoms with van der Waals surface area (Å²) in [6.45, 7) is 2.14. The maximum absolute atomic E-state index is 13.9. The SMILES string of the molecule is COCCNCc1cccc(F)c1OCc1cccnc1. The number of aromatic nitrogens is 1. The van der Waals surface area contributed by atoms with Crippen LogP contribution >= 0.6 is 0 Å². The molecular formula is C16H19FN2O2. The van der Waals surface area contributed by atoms with Crippen LogP contribution in [0.1, 0.15) is 11.1 Å². The average Bonchev–Trinajstić information content (AvgIpc) is 2.52. The maximum Gasteiger partial charge on any atom is 0.165 e. The van der Waals surface area contributed by atoms with Crippen LogP contribution in [0, 0.1) is 5.82 Å². The van der Waals surface area contributed by atoms with Gasteiger partial charge in [0.2, 0.25) is 0 Å². The second kappa shape index (κ2) is 8.34. The van der Waals surface area contributed by atoms with Gasteiger partial charge in [-0.2, -0.15) is 0 Å². The number of pyridine rings is 1. The summed E-state index contributed by atoms with van der Waals surface area (Å²) in [4.78, 5) is 4.01. The summed E-state index contributed by atoms with van der Waals surface area (Å²) < 4.78 is 24.5. The molecule has 5 heteroatoms. The molecule has 0 unspecified atom stereocenters. The van der Waals surface area contributed by atoms with Crippen molar-refractivity contribution in [3.05, 3.63) is 59.7 Å². The van der Waals surface area contributed by atoms with E-state index < -0.39 is 0 Å². The Kier molecular flexibility index (Phi) is 6.12. The first-order chi connectivity index (χ1) is 10.3. The topological polar surface area (TPSA) is 43.4 Å². The highest BCUT2D eigenvalue weighted by Gasteiger charge is 2.09. The Labute approximate surface area is 123 Å². The van der Waals surface area contributed by atoms with E-state index in [0.717, 1.165) is 11.1 Å². The molecule has 2 rings (SSSR count). The molecule has 2 aromatic rings. The van der Waals surface area contributed by atoms with Crippen molar-refractivity contribution in [2.75, 3.05) is 20.3 Å². The molecule has 0 atom stereocenters. The van der Waals surface area contributed by atoms with Crippen LogP contribution < -0.4 is 10.1 Å². The second-order valence-corrected chi connectivity index (χ2v) is 4.55. The van der Waals surface area contributed by atoms with Gasteiger partial charge in [-0.25, -0.2) is 4.39 Å². The van der Waals surface area contributed by atoms with Crippen molar-refractivity contribution in [1.82, 2.24) is 10.3 Å². The zero-order chi connectivity index (χ0) is 14.9. The molecule has 1 N–H and O–H groups in total. The average molecular weight is 290 g/mol. The standard InChI is InChI=1S/C16H19FN2O2/c1-20-9-8-19-11-14-5-2-6-15(17)16(14)21-12-13-4-3-7-18-10-13/h2-7,10,19H,8-9,11-12H2,1H3. The molecule has 1 heterocycles. The molecule has 0 aliphatic rings. The lowest BCUT2D eigenvalue weighted by Crippen LogP contribution is -2.19. The smallest absolute Gasteiger partial charge is 0.165 e. The van der Waals surface area contributed by atoms with Crippen LogP contribution in [0.5, 0.6) is 5.75 Å². The number of hydrogen-bond acceptors (Lipinski definition) is 4. The van der Waals surface area contributed by atoms with Gasteiger partial charge in [-0.3, -0.25) is 4.98 Å². The molecule has 0 amide bonds.